The number of ether oxygens (including phenoxy) is 1. The third-order valence-electron chi connectivity index (χ3n) is 3.21. The minimum absolute atomic E-state index is 0.0467. The lowest BCUT2D eigenvalue weighted by Gasteiger charge is -2.08. The summed E-state index contributed by atoms with van der Waals surface area (Å²) in [4.78, 5) is 24.4. The van der Waals surface area contributed by atoms with Crippen LogP contribution in [0.15, 0.2) is 29.3 Å². The summed E-state index contributed by atoms with van der Waals surface area (Å²) in [5.74, 6) is -1.71. The molecule has 1 heterocycles. The maximum atomic E-state index is 12.6. The Morgan fingerprint density at radius 1 is 1.28 bits per heavy atom. The SMILES string of the molecule is CCOC(=O)c1c(SC)nn(C(=O)c2ccc(C(F)(F)F)cc2)c1N. The van der Waals surface area contributed by atoms with Gasteiger partial charge in [0.15, 0.2) is 0 Å². The Hall–Kier alpha value is -2.49. The Morgan fingerprint density at radius 3 is 2.36 bits per heavy atom. The first-order chi connectivity index (χ1) is 11.7. The Labute approximate surface area is 145 Å². The fraction of sp³-hybridized carbons (Fsp3) is 0.267. The minimum atomic E-state index is -4.50. The van der Waals surface area contributed by atoms with E-state index in [9.17, 15) is 22.8 Å². The molecule has 134 valence electrons. The quantitative estimate of drug-likeness (QED) is 0.655. The number of benzene rings is 1. The van der Waals surface area contributed by atoms with Gasteiger partial charge in [0.05, 0.1) is 12.2 Å². The van der Waals surface area contributed by atoms with Gasteiger partial charge >= 0.3 is 12.1 Å². The van der Waals surface area contributed by atoms with Crippen LogP contribution in [0.4, 0.5) is 19.0 Å². The van der Waals surface area contributed by atoms with E-state index in [4.69, 9.17) is 10.5 Å². The molecule has 0 aliphatic rings. The molecule has 1 aromatic heterocycles. The lowest BCUT2D eigenvalue weighted by molar-refractivity contribution is -0.137. The third kappa shape index (κ3) is 3.78. The summed E-state index contributed by atoms with van der Waals surface area (Å²) < 4.78 is 43.4. The van der Waals surface area contributed by atoms with Crippen molar-refractivity contribution in [1.82, 2.24) is 9.78 Å². The summed E-state index contributed by atoms with van der Waals surface area (Å²) in [6.07, 6.45) is -2.87. The summed E-state index contributed by atoms with van der Waals surface area (Å²) in [6.45, 7) is 1.73. The van der Waals surface area contributed by atoms with Crippen LogP contribution >= 0.6 is 11.8 Å². The second-order valence-electron chi connectivity index (χ2n) is 4.78. The van der Waals surface area contributed by atoms with Crippen molar-refractivity contribution in [3.63, 3.8) is 0 Å². The summed E-state index contributed by atoms with van der Waals surface area (Å²) in [5, 5.41) is 4.15. The van der Waals surface area contributed by atoms with E-state index in [1.807, 2.05) is 0 Å². The molecule has 0 radical (unpaired) electrons. The molecular formula is C15H14F3N3O3S. The molecule has 0 amide bonds. The highest BCUT2D eigenvalue weighted by Crippen LogP contribution is 2.30. The van der Waals surface area contributed by atoms with Gasteiger partial charge in [0.2, 0.25) is 0 Å². The van der Waals surface area contributed by atoms with Crippen LogP contribution in [0.2, 0.25) is 0 Å². The minimum Gasteiger partial charge on any atom is -0.462 e. The van der Waals surface area contributed by atoms with Crippen LogP contribution < -0.4 is 5.73 Å². The molecule has 2 aromatic rings. The lowest BCUT2D eigenvalue weighted by atomic mass is 10.1. The second kappa shape index (κ2) is 7.18. The van der Waals surface area contributed by atoms with Gasteiger partial charge in [0, 0.05) is 5.56 Å². The van der Waals surface area contributed by atoms with Crippen LogP contribution in [-0.2, 0) is 10.9 Å². The molecule has 0 aliphatic heterocycles. The largest absolute Gasteiger partial charge is 0.462 e. The lowest BCUT2D eigenvalue weighted by Crippen LogP contribution is -2.17. The van der Waals surface area contributed by atoms with E-state index in [-0.39, 0.29) is 28.6 Å². The van der Waals surface area contributed by atoms with Gasteiger partial charge in [-0.25, -0.2) is 4.79 Å². The summed E-state index contributed by atoms with van der Waals surface area (Å²) in [7, 11) is 0. The fourth-order valence-corrected chi connectivity index (χ4v) is 2.58. The molecule has 6 nitrogen and oxygen atoms in total. The van der Waals surface area contributed by atoms with E-state index >= 15 is 0 Å². The Bertz CT molecular complexity index is 801. The van der Waals surface area contributed by atoms with Crippen molar-refractivity contribution in [1.29, 1.82) is 0 Å². The maximum Gasteiger partial charge on any atom is 0.416 e. The topological polar surface area (TPSA) is 87.2 Å². The van der Waals surface area contributed by atoms with Crippen LogP contribution in [0.5, 0.6) is 0 Å². The average Bonchev–Trinajstić information content (AvgIpc) is 2.90. The predicted molar refractivity (Wildman–Crippen MR) is 85.5 cm³/mol. The number of aromatic nitrogens is 2. The fourth-order valence-electron chi connectivity index (χ4n) is 2.03. The van der Waals surface area contributed by atoms with Gasteiger partial charge in [-0.05, 0) is 37.4 Å². The Balaban J connectivity index is 2.41. The molecular weight excluding hydrogens is 359 g/mol. The number of rotatable bonds is 4. The van der Waals surface area contributed by atoms with Gasteiger partial charge in [-0.1, -0.05) is 0 Å². The summed E-state index contributed by atoms with van der Waals surface area (Å²) in [6, 6.07) is 3.62. The van der Waals surface area contributed by atoms with Gasteiger partial charge in [-0.2, -0.15) is 23.0 Å². The second-order valence-corrected chi connectivity index (χ2v) is 5.58. The molecule has 0 saturated heterocycles. The van der Waals surface area contributed by atoms with Gasteiger partial charge in [-0.15, -0.1) is 11.8 Å². The highest BCUT2D eigenvalue weighted by atomic mass is 32.2. The van der Waals surface area contributed by atoms with Crippen LogP contribution in [0.3, 0.4) is 0 Å². The van der Waals surface area contributed by atoms with Gasteiger partial charge in [-0.3, -0.25) is 4.79 Å². The number of nitrogens with two attached hydrogens (primary N) is 1. The van der Waals surface area contributed by atoms with Crippen LogP contribution in [0.1, 0.15) is 33.2 Å². The number of nitrogens with zero attached hydrogens (tertiary/aromatic N) is 2. The Morgan fingerprint density at radius 2 is 1.88 bits per heavy atom. The molecule has 0 spiro atoms. The number of carbonyl (C=O) groups excluding carboxylic acids is 2. The first-order valence-corrected chi connectivity index (χ1v) is 8.24. The standard InChI is InChI=1S/C15H14F3N3O3S/c1-3-24-14(23)10-11(19)21(20-12(10)25-2)13(22)8-4-6-9(7-5-8)15(16,17)18/h4-7H,3,19H2,1-2H3. The number of hydrogen-bond acceptors (Lipinski definition) is 6. The summed E-state index contributed by atoms with van der Waals surface area (Å²) >= 11 is 1.09. The molecule has 0 bridgehead atoms. The zero-order valence-electron chi connectivity index (χ0n) is 13.3. The van der Waals surface area contributed by atoms with Crippen molar-refractivity contribution >= 4 is 29.5 Å². The van der Waals surface area contributed by atoms with Crippen molar-refractivity contribution in [3.8, 4) is 0 Å². The monoisotopic (exact) mass is 373 g/mol. The van der Waals surface area contributed by atoms with Gasteiger partial charge < -0.3 is 10.5 Å². The smallest absolute Gasteiger partial charge is 0.416 e. The molecule has 2 rings (SSSR count). The zero-order chi connectivity index (χ0) is 18.8. The van der Waals surface area contributed by atoms with Crippen molar-refractivity contribution < 1.29 is 27.5 Å². The van der Waals surface area contributed by atoms with Crippen molar-refractivity contribution in [3.05, 3.63) is 41.0 Å². The molecule has 0 saturated carbocycles. The van der Waals surface area contributed by atoms with E-state index in [0.29, 0.717) is 0 Å². The molecule has 0 atom stereocenters. The van der Waals surface area contributed by atoms with Crippen LogP contribution in [0, 0.1) is 0 Å². The number of hydrogen-bond donors (Lipinski definition) is 1. The highest BCUT2D eigenvalue weighted by Gasteiger charge is 2.31. The Kier molecular flexibility index (Phi) is 5.41. The van der Waals surface area contributed by atoms with Crippen LogP contribution in [-0.4, -0.2) is 34.5 Å². The number of anilines is 1. The number of carbonyl (C=O) groups is 2. The molecule has 1 aromatic carbocycles. The summed E-state index contributed by atoms with van der Waals surface area (Å²) in [5.41, 5.74) is 4.86. The predicted octanol–water partition coefficient (Wildman–Crippen LogP) is 3.07. The third-order valence-corrected chi connectivity index (χ3v) is 3.89. The highest BCUT2D eigenvalue weighted by molar-refractivity contribution is 7.98. The van der Waals surface area contributed by atoms with Gasteiger partial charge in [0.25, 0.3) is 5.91 Å². The van der Waals surface area contributed by atoms with Crippen molar-refractivity contribution in [2.75, 3.05) is 18.6 Å². The zero-order valence-corrected chi connectivity index (χ0v) is 14.1. The van der Waals surface area contributed by atoms with E-state index in [1.165, 1.54) is 0 Å². The first kappa shape index (κ1) is 18.8. The van der Waals surface area contributed by atoms with Crippen molar-refractivity contribution in [2.24, 2.45) is 0 Å². The molecule has 2 N–H and O–H groups in total. The number of halogens is 3. The van der Waals surface area contributed by atoms with Gasteiger partial charge in [0.1, 0.15) is 16.4 Å². The number of alkyl halides is 3. The number of thioether (sulfide) groups is 1. The molecule has 10 heteroatoms. The van der Waals surface area contributed by atoms with Crippen LogP contribution in [0.25, 0.3) is 0 Å². The molecule has 25 heavy (non-hydrogen) atoms. The van der Waals surface area contributed by atoms with Crippen molar-refractivity contribution in [2.45, 2.75) is 18.1 Å². The normalized spacial score (nSPS) is 11.4. The van der Waals surface area contributed by atoms with E-state index < -0.39 is 23.6 Å². The maximum absolute atomic E-state index is 12.6. The molecule has 0 unspecified atom stereocenters. The molecule has 0 aliphatic carbocycles. The van der Waals surface area contributed by atoms with E-state index in [1.54, 1.807) is 13.2 Å². The number of nitrogen functional groups attached to an aromatic ring is 1. The van der Waals surface area contributed by atoms with E-state index in [0.717, 1.165) is 40.7 Å². The van der Waals surface area contributed by atoms with E-state index in [2.05, 4.69) is 5.10 Å². The molecule has 0 fully saturated rings. The first-order valence-electron chi connectivity index (χ1n) is 7.02. The average molecular weight is 373 g/mol. The number of esters is 1.